The van der Waals surface area contributed by atoms with Crippen molar-refractivity contribution < 1.29 is 13.5 Å². The number of piperidine rings is 1. The van der Waals surface area contributed by atoms with Gasteiger partial charge in [0.1, 0.15) is 12.4 Å². The molecule has 2 N–H and O–H groups in total. The molecule has 1 atom stereocenters. The number of anilines is 2. The number of hydrogen-bond acceptors (Lipinski definition) is 7. The third-order valence-corrected chi connectivity index (χ3v) is 7.42. The minimum absolute atomic E-state index is 0.137. The maximum atomic E-state index is 14.4. The van der Waals surface area contributed by atoms with Gasteiger partial charge in [-0.25, -0.2) is 9.37 Å². The van der Waals surface area contributed by atoms with Crippen LogP contribution < -0.4 is 20.8 Å². The van der Waals surface area contributed by atoms with Gasteiger partial charge in [0.05, 0.1) is 29.3 Å². The number of pyridine rings is 3. The molecule has 0 saturated carbocycles. The molecule has 2 aliphatic heterocycles. The lowest BCUT2D eigenvalue weighted by atomic mass is 10.0. The molecule has 0 amide bonds. The number of ether oxygens (including phenoxy) is 1. The fourth-order valence-electron chi connectivity index (χ4n) is 5.53. The van der Waals surface area contributed by atoms with Crippen LogP contribution in [0.15, 0.2) is 59.9 Å². The molecular formula is C28H28F2N6O2. The number of nitrogens with zero attached hydrogens (tertiary/aromatic N) is 5. The van der Waals surface area contributed by atoms with Crippen molar-refractivity contribution >= 4 is 22.4 Å². The number of nitrogens with two attached hydrogens (primary N) is 1. The zero-order chi connectivity index (χ0) is 26.2. The van der Waals surface area contributed by atoms with Gasteiger partial charge < -0.3 is 19.9 Å². The Morgan fingerprint density at radius 3 is 2.76 bits per heavy atom. The van der Waals surface area contributed by atoms with Crippen LogP contribution in [0, 0.1) is 11.6 Å². The van der Waals surface area contributed by atoms with Gasteiger partial charge >= 0.3 is 0 Å². The zero-order valence-electron chi connectivity index (χ0n) is 20.8. The minimum Gasteiger partial charge on any atom is -0.486 e. The summed E-state index contributed by atoms with van der Waals surface area (Å²) in [4.78, 5) is 26.6. The Morgan fingerprint density at radius 1 is 1.13 bits per heavy atom. The molecule has 0 unspecified atom stereocenters. The van der Waals surface area contributed by atoms with Crippen molar-refractivity contribution in [3.05, 3.63) is 88.1 Å². The molecule has 5 heterocycles. The quantitative estimate of drug-likeness (QED) is 0.416. The smallest absolute Gasteiger partial charge is 0.202 e. The Balaban J connectivity index is 1.37. The van der Waals surface area contributed by atoms with Crippen LogP contribution in [0.25, 0.3) is 10.9 Å². The summed E-state index contributed by atoms with van der Waals surface area (Å²) in [6.45, 7) is 3.31. The Hall–Kier alpha value is -4.05. The molecule has 0 radical (unpaired) electrons. The Labute approximate surface area is 218 Å². The molecule has 0 spiro atoms. The van der Waals surface area contributed by atoms with Crippen LogP contribution in [0.1, 0.15) is 24.0 Å². The van der Waals surface area contributed by atoms with Gasteiger partial charge in [0, 0.05) is 56.4 Å². The van der Waals surface area contributed by atoms with E-state index < -0.39 is 11.6 Å². The molecule has 1 aromatic carbocycles. The van der Waals surface area contributed by atoms with E-state index in [9.17, 15) is 13.6 Å². The number of halogens is 2. The Kier molecular flexibility index (Phi) is 6.40. The molecule has 1 saturated heterocycles. The van der Waals surface area contributed by atoms with Gasteiger partial charge in [-0.3, -0.25) is 14.7 Å². The van der Waals surface area contributed by atoms with Crippen LogP contribution >= 0.6 is 0 Å². The predicted octanol–water partition coefficient (Wildman–Crippen LogP) is 3.72. The summed E-state index contributed by atoms with van der Waals surface area (Å²) in [7, 11) is 0. The van der Waals surface area contributed by atoms with E-state index >= 15 is 0 Å². The average Bonchev–Trinajstić information content (AvgIpc) is 2.94. The van der Waals surface area contributed by atoms with Crippen molar-refractivity contribution in [2.45, 2.75) is 38.5 Å². The lowest BCUT2D eigenvalue weighted by Gasteiger charge is -2.40. The highest BCUT2D eigenvalue weighted by Gasteiger charge is 2.29. The van der Waals surface area contributed by atoms with Gasteiger partial charge in [-0.1, -0.05) is 0 Å². The monoisotopic (exact) mass is 518 g/mol. The van der Waals surface area contributed by atoms with E-state index in [-0.39, 0.29) is 29.2 Å². The van der Waals surface area contributed by atoms with Crippen molar-refractivity contribution in [1.29, 1.82) is 0 Å². The molecule has 8 nitrogen and oxygen atoms in total. The first kappa shape index (κ1) is 24.3. The molecular weight excluding hydrogens is 490 g/mol. The first-order valence-corrected chi connectivity index (χ1v) is 12.7. The average molecular weight is 519 g/mol. The number of aromatic nitrogens is 3. The van der Waals surface area contributed by atoms with Gasteiger partial charge in [-0.05, 0) is 48.7 Å². The highest BCUT2D eigenvalue weighted by atomic mass is 19.2. The van der Waals surface area contributed by atoms with E-state index in [4.69, 9.17) is 10.5 Å². The van der Waals surface area contributed by atoms with Gasteiger partial charge in [-0.2, -0.15) is 4.39 Å². The summed E-state index contributed by atoms with van der Waals surface area (Å²) in [5.41, 5.74) is 8.41. The fourth-order valence-corrected chi connectivity index (χ4v) is 5.53. The first-order chi connectivity index (χ1) is 18.5. The van der Waals surface area contributed by atoms with Crippen molar-refractivity contribution in [3.8, 4) is 5.75 Å². The van der Waals surface area contributed by atoms with Crippen molar-refractivity contribution in [2.24, 2.45) is 0 Å². The molecule has 6 rings (SSSR count). The second-order valence-corrected chi connectivity index (χ2v) is 9.87. The Morgan fingerprint density at radius 2 is 1.97 bits per heavy atom. The highest BCUT2D eigenvalue weighted by Crippen LogP contribution is 2.33. The molecule has 1 fully saturated rings. The fraction of sp³-hybridized carbons (Fsp3) is 0.321. The van der Waals surface area contributed by atoms with E-state index in [0.29, 0.717) is 36.5 Å². The van der Waals surface area contributed by atoms with Crippen LogP contribution in [-0.2, 0) is 19.6 Å². The zero-order valence-corrected chi connectivity index (χ0v) is 20.8. The molecule has 38 heavy (non-hydrogen) atoms. The predicted molar refractivity (Wildman–Crippen MR) is 141 cm³/mol. The van der Waals surface area contributed by atoms with Gasteiger partial charge in [0.2, 0.25) is 5.82 Å². The van der Waals surface area contributed by atoms with Crippen molar-refractivity contribution in [2.75, 3.05) is 30.3 Å². The molecule has 4 aromatic rings. The maximum Gasteiger partial charge on any atom is 0.202 e. The largest absolute Gasteiger partial charge is 0.486 e. The van der Waals surface area contributed by atoms with E-state index in [1.807, 2.05) is 22.8 Å². The number of hydrogen-bond donors (Lipinski definition) is 1. The number of rotatable bonds is 6. The third-order valence-electron chi connectivity index (χ3n) is 7.42. The standard InChI is InChI=1S/C28H28F2N6O2/c29-23-12-22-26-28(25(23)30)38-11-10-35(26)15-19(27(22)37)16-36(14-18-5-7-32-8-6-18)21-2-1-9-34(17-21)20-3-4-24(31)33-13-20/h3-8,12-13,15,21H,1-2,9-11,14,16-17H2,(H2,31,33)/t21-/m0/s1. The molecule has 3 aromatic heterocycles. The number of benzene rings is 1. The topological polar surface area (TPSA) is 89.5 Å². The molecule has 10 heteroatoms. The highest BCUT2D eigenvalue weighted by molar-refractivity contribution is 5.86. The van der Waals surface area contributed by atoms with Crippen LogP contribution in [0.4, 0.5) is 20.3 Å². The minimum atomic E-state index is -1.08. The van der Waals surface area contributed by atoms with E-state index in [2.05, 4.69) is 19.8 Å². The van der Waals surface area contributed by atoms with E-state index in [1.165, 1.54) is 0 Å². The van der Waals surface area contributed by atoms with Gasteiger partial charge in [0.25, 0.3) is 0 Å². The number of nitrogen functional groups attached to an aromatic ring is 1. The molecule has 2 aliphatic rings. The van der Waals surface area contributed by atoms with Crippen LogP contribution in [0.3, 0.4) is 0 Å². The van der Waals surface area contributed by atoms with Crippen molar-refractivity contribution in [1.82, 2.24) is 19.4 Å². The lowest BCUT2D eigenvalue weighted by molar-refractivity contribution is 0.158. The lowest BCUT2D eigenvalue weighted by Crippen LogP contribution is -2.48. The second-order valence-electron chi connectivity index (χ2n) is 9.87. The van der Waals surface area contributed by atoms with Gasteiger partial charge in [0.15, 0.2) is 17.0 Å². The Bertz CT molecular complexity index is 1530. The third kappa shape index (κ3) is 4.56. The van der Waals surface area contributed by atoms with Crippen LogP contribution in [0.2, 0.25) is 0 Å². The van der Waals surface area contributed by atoms with Gasteiger partial charge in [-0.15, -0.1) is 0 Å². The summed E-state index contributed by atoms with van der Waals surface area (Å²) < 4.78 is 36.0. The van der Waals surface area contributed by atoms with E-state index in [0.717, 1.165) is 43.2 Å². The van der Waals surface area contributed by atoms with Crippen LogP contribution in [-0.4, -0.2) is 45.2 Å². The molecule has 0 aliphatic carbocycles. The molecule has 0 bridgehead atoms. The SMILES string of the molecule is Nc1ccc(N2CCC[C@H](N(Cc3ccncc3)Cc3cn4c5c(c(F)c(F)cc5c3=O)OCC4)C2)cn1. The second kappa shape index (κ2) is 10.0. The first-order valence-electron chi connectivity index (χ1n) is 12.7. The normalized spacial score (nSPS) is 17.1. The summed E-state index contributed by atoms with van der Waals surface area (Å²) >= 11 is 0. The van der Waals surface area contributed by atoms with Crippen molar-refractivity contribution in [3.63, 3.8) is 0 Å². The maximum absolute atomic E-state index is 14.4. The summed E-state index contributed by atoms with van der Waals surface area (Å²) in [6.07, 6.45) is 9.03. The molecule has 196 valence electrons. The summed E-state index contributed by atoms with van der Waals surface area (Å²) in [5, 5.41) is 0.137. The van der Waals surface area contributed by atoms with Crippen LogP contribution in [0.5, 0.6) is 5.75 Å². The summed E-state index contributed by atoms with van der Waals surface area (Å²) in [6, 6.07) is 8.86. The van der Waals surface area contributed by atoms with E-state index in [1.54, 1.807) is 30.9 Å². The summed E-state index contributed by atoms with van der Waals surface area (Å²) in [5.74, 6) is -1.85.